The van der Waals surface area contributed by atoms with Crippen LogP contribution in [0.2, 0.25) is 5.15 Å². The number of halogens is 1. The lowest BCUT2D eigenvalue weighted by atomic mass is 9.91. The van der Waals surface area contributed by atoms with Crippen molar-refractivity contribution in [1.29, 1.82) is 0 Å². The highest BCUT2D eigenvalue weighted by atomic mass is 35.5. The molecule has 0 amide bonds. The summed E-state index contributed by atoms with van der Waals surface area (Å²) in [7, 11) is 0. The Morgan fingerprint density at radius 2 is 2.00 bits per heavy atom. The van der Waals surface area contributed by atoms with Gasteiger partial charge in [-0.1, -0.05) is 30.5 Å². The molecule has 1 aromatic heterocycles. The predicted octanol–water partition coefficient (Wildman–Crippen LogP) is 2.46. The minimum atomic E-state index is -0.141. The highest BCUT2D eigenvalue weighted by Gasteiger charge is 2.31. The zero-order valence-electron chi connectivity index (χ0n) is 7.46. The number of nitrogens with two attached hydrogens (primary N) is 1. The summed E-state index contributed by atoms with van der Waals surface area (Å²) >= 11 is 5.71. The number of hydrogen-bond acceptors (Lipinski definition) is 2. The third-order valence-corrected chi connectivity index (χ3v) is 3.02. The van der Waals surface area contributed by atoms with E-state index in [1.807, 2.05) is 12.1 Å². The van der Waals surface area contributed by atoms with Gasteiger partial charge in [0.15, 0.2) is 0 Å². The summed E-state index contributed by atoms with van der Waals surface area (Å²) in [5.74, 6) is 0. The van der Waals surface area contributed by atoms with Gasteiger partial charge in [-0.3, -0.25) is 0 Å². The van der Waals surface area contributed by atoms with E-state index in [0.29, 0.717) is 5.15 Å². The Hall–Kier alpha value is -0.600. The average molecular weight is 197 g/mol. The van der Waals surface area contributed by atoms with Gasteiger partial charge in [-0.25, -0.2) is 4.98 Å². The molecule has 0 radical (unpaired) electrons. The van der Waals surface area contributed by atoms with Gasteiger partial charge >= 0.3 is 0 Å². The van der Waals surface area contributed by atoms with Crippen LogP contribution in [0, 0.1) is 0 Å². The quantitative estimate of drug-likeness (QED) is 0.701. The van der Waals surface area contributed by atoms with Gasteiger partial charge < -0.3 is 5.73 Å². The van der Waals surface area contributed by atoms with Crippen molar-refractivity contribution in [2.75, 3.05) is 0 Å². The topological polar surface area (TPSA) is 38.9 Å². The second kappa shape index (κ2) is 3.28. The van der Waals surface area contributed by atoms with Gasteiger partial charge in [-0.2, -0.15) is 0 Å². The molecule has 1 aliphatic carbocycles. The van der Waals surface area contributed by atoms with E-state index in [2.05, 4.69) is 4.98 Å². The molecule has 1 saturated carbocycles. The Labute approximate surface area is 83.1 Å². The lowest BCUT2D eigenvalue weighted by Gasteiger charge is -2.23. The van der Waals surface area contributed by atoms with Crippen LogP contribution in [0.4, 0.5) is 0 Å². The van der Waals surface area contributed by atoms with Crippen LogP contribution in [0.15, 0.2) is 18.3 Å². The Kier molecular flexibility index (Phi) is 2.26. The monoisotopic (exact) mass is 196 g/mol. The van der Waals surface area contributed by atoms with Crippen molar-refractivity contribution in [1.82, 2.24) is 4.98 Å². The van der Waals surface area contributed by atoms with Gasteiger partial charge in [0.05, 0.1) is 0 Å². The standard InChI is InChI=1S/C10H13ClN2/c11-9-4-3-8(7-13-9)10(12)5-1-2-6-10/h3-4,7H,1-2,5-6,12H2. The fraction of sp³-hybridized carbons (Fsp3) is 0.500. The van der Waals surface area contributed by atoms with Crippen molar-refractivity contribution in [3.8, 4) is 0 Å². The fourth-order valence-corrected chi connectivity index (χ4v) is 2.08. The van der Waals surface area contributed by atoms with Crippen LogP contribution in [0.1, 0.15) is 31.2 Å². The molecule has 2 nitrogen and oxygen atoms in total. The highest BCUT2D eigenvalue weighted by Crippen LogP contribution is 2.35. The molecule has 0 bridgehead atoms. The molecular formula is C10H13ClN2. The molecule has 0 spiro atoms. The summed E-state index contributed by atoms with van der Waals surface area (Å²) in [6, 6.07) is 3.80. The van der Waals surface area contributed by atoms with E-state index in [9.17, 15) is 0 Å². The molecule has 3 heteroatoms. The van der Waals surface area contributed by atoms with Gasteiger partial charge in [0.1, 0.15) is 5.15 Å². The lowest BCUT2D eigenvalue weighted by molar-refractivity contribution is 0.460. The molecule has 0 aromatic carbocycles. The first kappa shape index (κ1) is 8.97. The largest absolute Gasteiger partial charge is 0.321 e. The zero-order chi connectivity index (χ0) is 9.31. The number of hydrogen-bond donors (Lipinski definition) is 1. The Bertz CT molecular complexity index is 288. The van der Waals surface area contributed by atoms with Crippen molar-refractivity contribution in [2.45, 2.75) is 31.2 Å². The first-order chi connectivity index (χ1) is 6.21. The van der Waals surface area contributed by atoms with Crippen LogP contribution in [0.25, 0.3) is 0 Å². The summed E-state index contributed by atoms with van der Waals surface area (Å²) in [5, 5.41) is 0.533. The summed E-state index contributed by atoms with van der Waals surface area (Å²) in [6.45, 7) is 0. The van der Waals surface area contributed by atoms with Gasteiger partial charge in [0, 0.05) is 11.7 Å². The minimum Gasteiger partial charge on any atom is -0.321 e. The van der Waals surface area contributed by atoms with E-state index in [1.165, 1.54) is 12.8 Å². The first-order valence-electron chi connectivity index (χ1n) is 4.62. The smallest absolute Gasteiger partial charge is 0.129 e. The molecule has 1 aliphatic rings. The number of nitrogens with zero attached hydrogens (tertiary/aromatic N) is 1. The van der Waals surface area contributed by atoms with Crippen LogP contribution >= 0.6 is 11.6 Å². The number of pyridine rings is 1. The van der Waals surface area contributed by atoms with Crippen LogP contribution in [0.5, 0.6) is 0 Å². The predicted molar refractivity (Wildman–Crippen MR) is 53.6 cm³/mol. The van der Waals surface area contributed by atoms with Gasteiger partial charge in [-0.05, 0) is 24.5 Å². The Balaban J connectivity index is 2.29. The Morgan fingerprint density at radius 1 is 1.31 bits per heavy atom. The van der Waals surface area contributed by atoms with Crippen LogP contribution < -0.4 is 5.73 Å². The molecule has 2 N–H and O–H groups in total. The zero-order valence-corrected chi connectivity index (χ0v) is 8.22. The molecule has 1 heterocycles. The van der Waals surface area contributed by atoms with E-state index in [-0.39, 0.29) is 5.54 Å². The van der Waals surface area contributed by atoms with Crippen molar-refractivity contribution >= 4 is 11.6 Å². The molecule has 13 heavy (non-hydrogen) atoms. The molecule has 1 aromatic rings. The van der Waals surface area contributed by atoms with E-state index in [0.717, 1.165) is 18.4 Å². The molecule has 0 unspecified atom stereocenters. The lowest BCUT2D eigenvalue weighted by Crippen LogP contribution is -2.33. The maximum absolute atomic E-state index is 6.25. The maximum atomic E-state index is 6.25. The summed E-state index contributed by atoms with van der Waals surface area (Å²) in [5.41, 5.74) is 7.23. The van der Waals surface area contributed by atoms with Crippen molar-refractivity contribution < 1.29 is 0 Å². The van der Waals surface area contributed by atoms with E-state index < -0.39 is 0 Å². The number of rotatable bonds is 1. The molecule has 0 saturated heterocycles. The molecule has 0 atom stereocenters. The van der Waals surface area contributed by atoms with Crippen LogP contribution in [0.3, 0.4) is 0 Å². The van der Waals surface area contributed by atoms with Gasteiger partial charge in [0.2, 0.25) is 0 Å². The fourth-order valence-electron chi connectivity index (χ4n) is 1.96. The molecule has 70 valence electrons. The third-order valence-electron chi connectivity index (χ3n) is 2.80. The minimum absolute atomic E-state index is 0.141. The molecule has 0 aliphatic heterocycles. The maximum Gasteiger partial charge on any atom is 0.129 e. The second-order valence-electron chi connectivity index (χ2n) is 3.73. The normalized spacial score (nSPS) is 20.5. The van der Waals surface area contributed by atoms with Crippen molar-refractivity contribution in [3.05, 3.63) is 29.0 Å². The van der Waals surface area contributed by atoms with Crippen LogP contribution in [-0.4, -0.2) is 4.98 Å². The van der Waals surface area contributed by atoms with E-state index in [4.69, 9.17) is 17.3 Å². The Morgan fingerprint density at radius 3 is 2.54 bits per heavy atom. The first-order valence-corrected chi connectivity index (χ1v) is 4.99. The van der Waals surface area contributed by atoms with E-state index in [1.54, 1.807) is 6.20 Å². The SMILES string of the molecule is NC1(c2ccc(Cl)nc2)CCCC1. The third kappa shape index (κ3) is 1.69. The summed E-state index contributed by atoms with van der Waals surface area (Å²) in [4.78, 5) is 4.05. The summed E-state index contributed by atoms with van der Waals surface area (Å²) < 4.78 is 0. The molecule has 1 fully saturated rings. The van der Waals surface area contributed by atoms with E-state index >= 15 is 0 Å². The molecular weight excluding hydrogens is 184 g/mol. The van der Waals surface area contributed by atoms with Crippen LogP contribution in [-0.2, 0) is 5.54 Å². The number of aromatic nitrogens is 1. The average Bonchev–Trinajstić information content (AvgIpc) is 2.54. The van der Waals surface area contributed by atoms with Crippen molar-refractivity contribution in [3.63, 3.8) is 0 Å². The van der Waals surface area contributed by atoms with Gasteiger partial charge in [0.25, 0.3) is 0 Å². The van der Waals surface area contributed by atoms with Gasteiger partial charge in [-0.15, -0.1) is 0 Å². The second-order valence-corrected chi connectivity index (χ2v) is 4.12. The molecule has 2 rings (SSSR count). The van der Waals surface area contributed by atoms with Crippen molar-refractivity contribution in [2.24, 2.45) is 5.73 Å². The summed E-state index contributed by atoms with van der Waals surface area (Å²) in [6.07, 6.45) is 6.37. The highest BCUT2D eigenvalue weighted by molar-refractivity contribution is 6.29.